The molecule has 0 saturated carbocycles. The van der Waals surface area contributed by atoms with Crippen molar-refractivity contribution in [3.63, 3.8) is 0 Å². The molecule has 0 aromatic heterocycles. The van der Waals surface area contributed by atoms with Gasteiger partial charge in [-0.3, -0.25) is 0 Å². The highest BCUT2D eigenvalue weighted by Gasteiger charge is 2.35. The van der Waals surface area contributed by atoms with Crippen molar-refractivity contribution in [1.29, 1.82) is 0 Å². The second kappa shape index (κ2) is 4.75. The average Bonchev–Trinajstić information content (AvgIpc) is 2.59. The zero-order chi connectivity index (χ0) is 12.4. The van der Waals surface area contributed by atoms with Crippen molar-refractivity contribution < 1.29 is 9.90 Å². The number of benzene rings is 1. The van der Waals surface area contributed by atoms with Crippen LogP contribution in [0.1, 0.15) is 17.2 Å². The van der Waals surface area contributed by atoms with Crippen LogP contribution in [0.4, 0.5) is 4.79 Å². The maximum Gasteiger partial charge on any atom is 0.320 e. The van der Waals surface area contributed by atoms with Gasteiger partial charge in [0.15, 0.2) is 0 Å². The topological polar surface area (TPSA) is 43.8 Å². The first kappa shape index (κ1) is 11.9. The lowest BCUT2D eigenvalue weighted by Crippen LogP contribution is -2.31. The lowest BCUT2D eigenvalue weighted by atomic mass is 10.0. The maximum atomic E-state index is 11.9. The molecule has 2 amide bonds. The summed E-state index contributed by atoms with van der Waals surface area (Å²) in [5.41, 5.74) is 2.38. The molecule has 0 radical (unpaired) electrons. The van der Waals surface area contributed by atoms with Crippen molar-refractivity contribution in [2.45, 2.75) is 13.0 Å². The molecule has 1 fully saturated rings. The van der Waals surface area contributed by atoms with E-state index in [0.29, 0.717) is 13.1 Å². The van der Waals surface area contributed by atoms with Crippen molar-refractivity contribution in [2.24, 2.45) is 0 Å². The van der Waals surface area contributed by atoms with Crippen LogP contribution in [-0.4, -0.2) is 47.7 Å². The minimum absolute atomic E-state index is 0.00713. The molecule has 1 aromatic rings. The molecule has 0 spiro atoms. The summed E-state index contributed by atoms with van der Waals surface area (Å²) in [6, 6.07) is 8.20. The van der Waals surface area contributed by atoms with Crippen molar-refractivity contribution in [3.8, 4) is 0 Å². The van der Waals surface area contributed by atoms with Gasteiger partial charge < -0.3 is 14.9 Å². The molecule has 92 valence electrons. The molecule has 1 atom stereocenters. The molecular formula is C13H18N2O2. The maximum absolute atomic E-state index is 11.9. The van der Waals surface area contributed by atoms with Crippen LogP contribution >= 0.6 is 0 Å². The number of nitrogens with zero attached hydrogens (tertiary/aromatic N) is 2. The quantitative estimate of drug-likeness (QED) is 0.859. The van der Waals surface area contributed by atoms with Crippen LogP contribution in [0.5, 0.6) is 0 Å². The first-order valence-electron chi connectivity index (χ1n) is 5.83. The smallest absolute Gasteiger partial charge is 0.320 e. The van der Waals surface area contributed by atoms with E-state index >= 15 is 0 Å². The Hall–Kier alpha value is -1.55. The molecular weight excluding hydrogens is 216 g/mol. The fourth-order valence-corrected chi connectivity index (χ4v) is 2.34. The number of aryl methyl sites for hydroxylation is 1. The van der Waals surface area contributed by atoms with E-state index in [1.807, 2.05) is 19.2 Å². The van der Waals surface area contributed by atoms with Gasteiger partial charge in [0.1, 0.15) is 0 Å². The Morgan fingerprint density at radius 3 is 2.76 bits per heavy atom. The van der Waals surface area contributed by atoms with E-state index in [9.17, 15) is 4.79 Å². The molecule has 1 N–H and O–H groups in total. The van der Waals surface area contributed by atoms with Crippen molar-refractivity contribution in [2.75, 3.05) is 26.7 Å². The molecule has 1 saturated heterocycles. The Morgan fingerprint density at radius 1 is 1.41 bits per heavy atom. The Bertz CT molecular complexity index is 420. The van der Waals surface area contributed by atoms with Gasteiger partial charge in [0.05, 0.1) is 12.6 Å². The minimum atomic E-state index is -0.00713. The van der Waals surface area contributed by atoms with Crippen LogP contribution in [0, 0.1) is 6.92 Å². The number of aliphatic hydroxyl groups is 1. The minimum Gasteiger partial charge on any atom is -0.395 e. The summed E-state index contributed by atoms with van der Waals surface area (Å²) in [7, 11) is 1.82. The highest BCUT2D eigenvalue weighted by Crippen LogP contribution is 2.29. The number of rotatable bonds is 3. The number of carbonyl (C=O) groups is 1. The van der Waals surface area contributed by atoms with E-state index in [2.05, 4.69) is 19.1 Å². The van der Waals surface area contributed by atoms with E-state index in [-0.39, 0.29) is 18.7 Å². The van der Waals surface area contributed by atoms with Crippen molar-refractivity contribution in [3.05, 3.63) is 35.4 Å². The van der Waals surface area contributed by atoms with Gasteiger partial charge in [-0.1, -0.05) is 24.3 Å². The third kappa shape index (κ3) is 2.13. The van der Waals surface area contributed by atoms with Crippen LogP contribution in [-0.2, 0) is 0 Å². The van der Waals surface area contributed by atoms with Crippen LogP contribution in [0.15, 0.2) is 24.3 Å². The molecule has 1 aliphatic rings. The number of amides is 2. The number of β-amino-alcohol motifs (C(OH)–C–C–N with tert-alkyl or cyclic N) is 1. The Kier molecular flexibility index (Phi) is 3.33. The van der Waals surface area contributed by atoms with Crippen LogP contribution < -0.4 is 0 Å². The van der Waals surface area contributed by atoms with E-state index in [4.69, 9.17) is 5.11 Å². The van der Waals surface area contributed by atoms with Gasteiger partial charge in [0.2, 0.25) is 0 Å². The first-order valence-corrected chi connectivity index (χ1v) is 5.83. The second-order valence-corrected chi connectivity index (χ2v) is 4.44. The molecule has 1 unspecified atom stereocenters. The van der Waals surface area contributed by atoms with Gasteiger partial charge in [0.25, 0.3) is 0 Å². The number of aliphatic hydroxyl groups excluding tert-OH is 1. The van der Waals surface area contributed by atoms with Gasteiger partial charge in [-0.05, 0) is 18.1 Å². The third-order valence-electron chi connectivity index (χ3n) is 3.35. The summed E-state index contributed by atoms with van der Waals surface area (Å²) in [6.07, 6.45) is 0. The van der Waals surface area contributed by atoms with E-state index in [1.165, 1.54) is 11.1 Å². The fraction of sp³-hybridized carbons (Fsp3) is 0.462. The van der Waals surface area contributed by atoms with E-state index in [1.54, 1.807) is 9.80 Å². The monoisotopic (exact) mass is 234 g/mol. The zero-order valence-corrected chi connectivity index (χ0v) is 10.3. The fourth-order valence-electron chi connectivity index (χ4n) is 2.34. The number of urea groups is 1. The molecule has 2 rings (SSSR count). The summed E-state index contributed by atoms with van der Waals surface area (Å²) >= 11 is 0. The molecule has 1 heterocycles. The summed E-state index contributed by atoms with van der Waals surface area (Å²) in [5.74, 6) is 0. The Balaban J connectivity index is 2.24. The van der Waals surface area contributed by atoms with E-state index < -0.39 is 0 Å². The van der Waals surface area contributed by atoms with Crippen molar-refractivity contribution in [1.82, 2.24) is 9.80 Å². The van der Waals surface area contributed by atoms with Gasteiger partial charge in [-0.2, -0.15) is 0 Å². The molecule has 0 aliphatic carbocycles. The Labute approximate surface area is 101 Å². The predicted octanol–water partition coefficient (Wildman–Crippen LogP) is 1.40. The van der Waals surface area contributed by atoms with Gasteiger partial charge in [-0.15, -0.1) is 0 Å². The predicted molar refractivity (Wildman–Crippen MR) is 65.7 cm³/mol. The standard InChI is InChI=1S/C13H18N2O2/c1-10-5-3-4-6-11(10)12-9-15(7-8-16)13(17)14(12)2/h3-6,12,16H,7-9H2,1-2H3. The first-order chi connectivity index (χ1) is 8.15. The molecule has 17 heavy (non-hydrogen) atoms. The summed E-state index contributed by atoms with van der Waals surface area (Å²) in [6.45, 7) is 3.13. The number of carbonyl (C=O) groups excluding carboxylic acids is 1. The SMILES string of the molecule is Cc1ccccc1C1CN(CCO)C(=O)N1C. The van der Waals surface area contributed by atoms with Crippen LogP contribution in [0.3, 0.4) is 0 Å². The lowest BCUT2D eigenvalue weighted by Gasteiger charge is -2.19. The number of likely N-dealkylation sites (N-methyl/N-ethyl adjacent to an activating group) is 1. The van der Waals surface area contributed by atoms with E-state index in [0.717, 1.165) is 0 Å². The Morgan fingerprint density at radius 2 is 2.12 bits per heavy atom. The molecule has 1 aliphatic heterocycles. The number of hydrogen-bond donors (Lipinski definition) is 1. The van der Waals surface area contributed by atoms with Gasteiger partial charge >= 0.3 is 6.03 Å². The largest absolute Gasteiger partial charge is 0.395 e. The molecule has 0 bridgehead atoms. The second-order valence-electron chi connectivity index (χ2n) is 4.44. The van der Waals surface area contributed by atoms with Gasteiger partial charge in [-0.25, -0.2) is 4.79 Å². The zero-order valence-electron chi connectivity index (χ0n) is 10.3. The molecule has 1 aromatic carbocycles. The summed E-state index contributed by atoms with van der Waals surface area (Å²) in [5, 5.41) is 8.93. The lowest BCUT2D eigenvalue weighted by molar-refractivity contribution is 0.182. The summed E-state index contributed by atoms with van der Waals surface area (Å²) < 4.78 is 0. The average molecular weight is 234 g/mol. The molecule has 4 nitrogen and oxygen atoms in total. The number of hydrogen-bond acceptors (Lipinski definition) is 2. The van der Waals surface area contributed by atoms with Crippen molar-refractivity contribution >= 4 is 6.03 Å². The van der Waals surface area contributed by atoms with Crippen LogP contribution in [0.2, 0.25) is 0 Å². The third-order valence-corrected chi connectivity index (χ3v) is 3.35. The highest BCUT2D eigenvalue weighted by molar-refractivity contribution is 5.77. The summed E-state index contributed by atoms with van der Waals surface area (Å²) in [4.78, 5) is 15.4. The highest BCUT2D eigenvalue weighted by atomic mass is 16.3. The van der Waals surface area contributed by atoms with Gasteiger partial charge in [0, 0.05) is 20.1 Å². The van der Waals surface area contributed by atoms with Crippen LogP contribution in [0.25, 0.3) is 0 Å². The molecule has 4 heteroatoms. The normalized spacial score (nSPS) is 20.2.